The standard InChI is InChI=1S/C9H17NO3/c1-7-4-3-5-10(6-7)9(12)13-8(2)11/h7-8,11H,3-6H2,1-2H3. The van der Waals surface area contributed by atoms with Gasteiger partial charge in [0.05, 0.1) is 0 Å². The Morgan fingerprint density at radius 3 is 2.92 bits per heavy atom. The molecule has 2 unspecified atom stereocenters. The topological polar surface area (TPSA) is 49.8 Å². The molecule has 0 radical (unpaired) electrons. The van der Waals surface area contributed by atoms with E-state index in [-0.39, 0.29) is 0 Å². The number of carbonyl (C=O) groups excluding carboxylic acids is 1. The van der Waals surface area contributed by atoms with Gasteiger partial charge in [-0.3, -0.25) is 0 Å². The molecule has 1 amide bonds. The maximum Gasteiger partial charge on any atom is 0.412 e. The molecule has 1 fully saturated rings. The summed E-state index contributed by atoms with van der Waals surface area (Å²) in [6, 6.07) is 0. The van der Waals surface area contributed by atoms with E-state index in [4.69, 9.17) is 5.11 Å². The van der Waals surface area contributed by atoms with Crippen LogP contribution in [0.4, 0.5) is 4.79 Å². The Bertz CT molecular complexity index is 182. The number of aliphatic hydroxyl groups excluding tert-OH is 1. The number of piperidine rings is 1. The van der Waals surface area contributed by atoms with Gasteiger partial charge in [-0.25, -0.2) is 4.79 Å². The summed E-state index contributed by atoms with van der Waals surface area (Å²) in [5, 5.41) is 8.85. The van der Waals surface area contributed by atoms with Gasteiger partial charge in [-0.2, -0.15) is 0 Å². The van der Waals surface area contributed by atoms with E-state index in [0.29, 0.717) is 5.92 Å². The van der Waals surface area contributed by atoms with Crippen LogP contribution in [-0.2, 0) is 4.74 Å². The molecule has 0 aromatic heterocycles. The SMILES string of the molecule is CC1CCCN(C(=O)OC(C)O)C1. The molecule has 0 aromatic carbocycles. The first-order chi connectivity index (χ1) is 6.09. The number of aliphatic hydroxyl groups is 1. The van der Waals surface area contributed by atoms with Crippen LogP contribution in [0.5, 0.6) is 0 Å². The lowest BCUT2D eigenvalue weighted by molar-refractivity contribution is -0.0536. The highest BCUT2D eigenvalue weighted by Crippen LogP contribution is 2.16. The Balaban J connectivity index is 2.37. The minimum absolute atomic E-state index is 0.401. The summed E-state index contributed by atoms with van der Waals surface area (Å²) in [5.74, 6) is 0.537. The highest BCUT2D eigenvalue weighted by Gasteiger charge is 2.22. The van der Waals surface area contributed by atoms with Gasteiger partial charge in [0, 0.05) is 13.1 Å². The van der Waals surface area contributed by atoms with Gasteiger partial charge in [0.15, 0.2) is 6.29 Å². The van der Waals surface area contributed by atoms with Crippen LogP contribution in [0.2, 0.25) is 0 Å². The second kappa shape index (κ2) is 4.46. The monoisotopic (exact) mass is 187 g/mol. The van der Waals surface area contributed by atoms with E-state index in [1.165, 1.54) is 13.3 Å². The van der Waals surface area contributed by atoms with E-state index in [9.17, 15) is 4.79 Å². The Hall–Kier alpha value is -0.770. The number of nitrogens with zero attached hydrogens (tertiary/aromatic N) is 1. The summed E-state index contributed by atoms with van der Waals surface area (Å²) < 4.78 is 4.68. The fourth-order valence-electron chi connectivity index (χ4n) is 1.58. The van der Waals surface area contributed by atoms with E-state index < -0.39 is 12.4 Å². The molecule has 1 rings (SSSR count). The highest BCUT2D eigenvalue weighted by molar-refractivity contribution is 5.67. The fraction of sp³-hybridized carbons (Fsp3) is 0.889. The maximum atomic E-state index is 11.3. The van der Waals surface area contributed by atoms with Gasteiger partial charge >= 0.3 is 6.09 Å². The second-order valence-corrected chi connectivity index (χ2v) is 3.68. The summed E-state index contributed by atoms with van der Waals surface area (Å²) in [7, 11) is 0. The van der Waals surface area contributed by atoms with Gasteiger partial charge in [-0.1, -0.05) is 6.92 Å². The lowest BCUT2D eigenvalue weighted by Gasteiger charge is -2.30. The summed E-state index contributed by atoms with van der Waals surface area (Å²) in [4.78, 5) is 13.0. The number of carbonyl (C=O) groups is 1. The fourth-order valence-corrected chi connectivity index (χ4v) is 1.58. The Morgan fingerprint density at radius 1 is 1.69 bits per heavy atom. The third kappa shape index (κ3) is 3.22. The summed E-state index contributed by atoms with van der Waals surface area (Å²) in [6.07, 6.45) is 0.778. The zero-order chi connectivity index (χ0) is 9.84. The van der Waals surface area contributed by atoms with Gasteiger partial charge in [-0.15, -0.1) is 0 Å². The average Bonchev–Trinajstić information content (AvgIpc) is 2.03. The van der Waals surface area contributed by atoms with Crippen LogP contribution in [-0.4, -0.2) is 35.5 Å². The molecule has 0 aromatic rings. The summed E-state index contributed by atoms with van der Waals surface area (Å²) in [6.45, 7) is 5.04. The molecule has 0 spiro atoms. The molecule has 1 aliphatic rings. The van der Waals surface area contributed by atoms with Crippen LogP contribution in [0.3, 0.4) is 0 Å². The molecule has 1 heterocycles. The second-order valence-electron chi connectivity index (χ2n) is 3.68. The van der Waals surface area contributed by atoms with Gasteiger partial charge in [-0.05, 0) is 25.7 Å². The molecular weight excluding hydrogens is 170 g/mol. The van der Waals surface area contributed by atoms with E-state index in [1.807, 2.05) is 0 Å². The largest absolute Gasteiger partial charge is 0.420 e. The van der Waals surface area contributed by atoms with Crippen LogP contribution in [0, 0.1) is 5.92 Å². The third-order valence-electron chi connectivity index (χ3n) is 2.19. The van der Waals surface area contributed by atoms with Crippen molar-refractivity contribution in [2.75, 3.05) is 13.1 Å². The number of hydrogen-bond donors (Lipinski definition) is 1. The maximum absolute atomic E-state index is 11.3. The zero-order valence-electron chi connectivity index (χ0n) is 8.19. The molecule has 76 valence electrons. The molecule has 0 saturated carbocycles. The van der Waals surface area contributed by atoms with Crippen LogP contribution < -0.4 is 0 Å². The van der Waals surface area contributed by atoms with Crippen molar-refractivity contribution < 1.29 is 14.6 Å². The molecule has 4 nitrogen and oxygen atoms in total. The molecule has 0 bridgehead atoms. The Morgan fingerprint density at radius 2 is 2.38 bits per heavy atom. The normalized spacial score (nSPS) is 25.5. The van der Waals surface area contributed by atoms with Crippen molar-refractivity contribution >= 4 is 6.09 Å². The van der Waals surface area contributed by atoms with Crippen LogP contribution in [0.1, 0.15) is 26.7 Å². The van der Waals surface area contributed by atoms with Crippen molar-refractivity contribution in [3.05, 3.63) is 0 Å². The molecule has 1 saturated heterocycles. The molecule has 1 aliphatic heterocycles. The number of likely N-dealkylation sites (tertiary alicyclic amines) is 1. The molecule has 4 heteroatoms. The van der Waals surface area contributed by atoms with E-state index in [0.717, 1.165) is 19.5 Å². The molecule has 2 atom stereocenters. The van der Waals surface area contributed by atoms with E-state index in [2.05, 4.69) is 11.7 Å². The van der Waals surface area contributed by atoms with Gasteiger partial charge in [0.2, 0.25) is 0 Å². The predicted molar refractivity (Wildman–Crippen MR) is 48.1 cm³/mol. The van der Waals surface area contributed by atoms with Crippen molar-refractivity contribution in [1.29, 1.82) is 0 Å². The van der Waals surface area contributed by atoms with Crippen LogP contribution >= 0.6 is 0 Å². The first-order valence-electron chi connectivity index (χ1n) is 4.73. The molecular formula is C9H17NO3. The number of hydrogen-bond acceptors (Lipinski definition) is 3. The Kier molecular flexibility index (Phi) is 3.54. The number of ether oxygens (including phenoxy) is 1. The number of amides is 1. The molecule has 1 N–H and O–H groups in total. The van der Waals surface area contributed by atoms with Crippen LogP contribution in [0.15, 0.2) is 0 Å². The smallest absolute Gasteiger partial charge is 0.412 e. The minimum atomic E-state index is -1.01. The number of rotatable bonds is 1. The van der Waals surface area contributed by atoms with Crippen LogP contribution in [0.25, 0.3) is 0 Å². The van der Waals surface area contributed by atoms with Gasteiger partial charge in [0.25, 0.3) is 0 Å². The average molecular weight is 187 g/mol. The van der Waals surface area contributed by atoms with Crippen molar-refractivity contribution in [2.45, 2.75) is 33.0 Å². The quantitative estimate of drug-likeness (QED) is 0.627. The van der Waals surface area contributed by atoms with E-state index >= 15 is 0 Å². The van der Waals surface area contributed by atoms with Gasteiger partial charge < -0.3 is 14.7 Å². The minimum Gasteiger partial charge on any atom is -0.420 e. The predicted octanol–water partition coefficient (Wildman–Crippen LogP) is 1.19. The summed E-state index contributed by atoms with van der Waals surface area (Å²) >= 11 is 0. The van der Waals surface area contributed by atoms with E-state index in [1.54, 1.807) is 4.90 Å². The first kappa shape index (κ1) is 10.3. The lowest BCUT2D eigenvalue weighted by atomic mass is 10.0. The highest BCUT2D eigenvalue weighted by atomic mass is 16.6. The Labute approximate surface area is 78.5 Å². The third-order valence-corrected chi connectivity index (χ3v) is 2.19. The molecule has 13 heavy (non-hydrogen) atoms. The zero-order valence-corrected chi connectivity index (χ0v) is 8.19. The van der Waals surface area contributed by atoms with Crippen molar-refractivity contribution in [3.63, 3.8) is 0 Å². The molecule has 0 aliphatic carbocycles. The van der Waals surface area contributed by atoms with Crippen molar-refractivity contribution in [2.24, 2.45) is 5.92 Å². The van der Waals surface area contributed by atoms with Crippen molar-refractivity contribution in [3.8, 4) is 0 Å². The summed E-state index contributed by atoms with van der Waals surface area (Å²) in [5.41, 5.74) is 0. The first-order valence-corrected chi connectivity index (χ1v) is 4.73. The van der Waals surface area contributed by atoms with Crippen molar-refractivity contribution in [1.82, 2.24) is 4.90 Å². The lowest BCUT2D eigenvalue weighted by Crippen LogP contribution is -2.40. The van der Waals surface area contributed by atoms with Gasteiger partial charge in [0.1, 0.15) is 0 Å².